The van der Waals surface area contributed by atoms with Crippen molar-refractivity contribution in [2.75, 3.05) is 13.7 Å². The molecule has 4 heteroatoms. The number of ether oxygens (including phenoxy) is 1. The summed E-state index contributed by atoms with van der Waals surface area (Å²) in [6.45, 7) is 4.99. The summed E-state index contributed by atoms with van der Waals surface area (Å²) in [7, 11) is 1.41. The van der Waals surface area contributed by atoms with Crippen LogP contribution < -0.4 is 5.32 Å². The van der Waals surface area contributed by atoms with Crippen LogP contribution in [0.25, 0.3) is 0 Å². The molecule has 0 spiro atoms. The van der Waals surface area contributed by atoms with Crippen LogP contribution in [0.2, 0.25) is 5.02 Å². The number of halogens is 1. The Kier molecular flexibility index (Phi) is 4.97. The highest BCUT2D eigenvalue weighted by molar-refractivity contribution is 6.30. The molecule has 0 aliphatic carbocycles. The molecule has 3 nitrogen and oxygen atoms in total. The lowest BCUT2D eigenvalue weighted by molar-refractivity contribution is -0.150. The van der Waals surface area contributed by atoms with Gasteiger partial charge in [-0.2, -0.15) is 0 Å². The van der Waals surface area contributed by atoms with Crippen LogP contribution in [0.4, 0.5) is 0 Å². The fourth-order valence-corrected chi connectivity index (χ4v) is 1.60. The molecule has 0 aliphatic heterocycles. The van der Waals surface area contributed by atoms with Gasteiger partial charge < -0.3 is 10.1 Å². The van der Waals surface area contributed by atoms with Gasteiger partial charge >= 0.3 is 5.97 Å². The third kappa shape index (κ3) is 4.36. The topological polar surface area (TPSA) is 38.3 Å². The lowest BCUT2D eigenvalue weighted by Crippen LogP contribution is -2.36. The molecule has 0 radical (unpaired) electrons. The van der Waals surface area contributed by atoms with Crippen molar-refractivity contribution in [2.24, 2.45) is 5.41 Å². The van der Waals surface area contributed by atoms with Gasteiger partial charge in [-0.15, -0.1) is 0 Å². The maximum atomic E-state index is 11.4. The van der Waals surface area contributed by atoms with Gasteiger partial charge in [-0.25, -0.2) is 0 Å². The van der Waals surface area contributed by atoms with Crippen molar-refractivity contribution in [1.82, 2.24) is 5.32 Å². The standard InChI is InChI=1S/C13H18ClNO2/c1-13(2,12(16)17-3)9-15-8-10-4-6-11(14)7-5-10/h4-7,15H,8-9H2,1-3H3. The lowest BCUT2D eigenvalue weighted by Gasteiger charge is -2.21. The van der Waals surface area contributed by atoms with Crippen molar-refractivity contribution in [3.8, 4) is 0 Å². The van der Waals surface area contributed by atoms with E-state index in [0.717, 1.165) is 10.6 Å². The van der Waals surface area contributed by atoms with E-state index in [9.17, 15) is 4.79 Å². The minimum absolute atomic E-state index is 0.207. The molecule has 94 valence electrons. The van der Waals surface area contributed by atoms with E-state index >= 15 is 0 Å². The molecule has 1 N–H and O–H groups in total. The van der Waals surface area contributed by atoms with Crippen molar-refractivity contribution in [1.29, 1.82) is 0 Å². The first kappa shape index (κ1) is 14.0. The second-order valence-electron chi connectivity index (χ2n) is 4.61. The van der Waals surface area contributed by atoms with Crippen LogP contribution in [0.15, 0.2) is 24.3 Å². The molecule has 0 aliphatic rings. The molecule has 0 atom stereocenters. The summed E-state index contributed by atoms with van der Waals surface area (Å²) in [6.07, 6.45) is 0. The van der Waals surface area contributed by atoms with Crippen molar-refractivity contribution < 1.29 is 9.53 Å². The molecule has 0 heterocycles. The van der Waals surface area contributed by atoms with E-state index in [2.05, 4.69) is 5.32 Å². The molecule has 0 aromatic heterocycles. The number of carbonyl (C=O) groups is 1. The SMILES string of the molecule is COC(=O)C(C)(C)CNCc1ccc(Cl)cc1. The predicted octanol–water partition coefficient (Wildman–Crippen LogP) is 2.63. The van der Waals surface area contributed by atoms with E-state index in [1.807, 2.05) is 38.1 Å². The Bertz CT molecular complexity index is 374. The lowest BCUT2D eigenvalue weighted by atomic mass is 9.94. The van der Waals surface area contributed by atoms with Crippen LogP contribution in [0.1, 0.15) is 19.4 Å². The average Bonchev–Trinajstić information content (AvgIpc) is 2.30. The van der Waals surface area contributed by atoms with E-state index in [1.54, 1.807) is 0 Å². The molecule has 0 bridgehead atoms. The first-order valence-electron chi connectivity index (χ1n) is 5.49. The highest BCUT2D eigenvalue weighted by atomic mass is 35.5. The van der Waals surface area contributed by atoms with Crippen molar-refractivity contribution in [2.45, 2.75) is 20.4 Å². The van der Waals surface area contributed by atoms with Crippen LogP contribution >= 0.6 is 11.6 Å². The van der Waals surface area contributed by atoms with Crippen LogP contribution in [-0.4, -0.2) is 19.6 Å². The quantitative estimate of drug-likeness (QED) is 0.822. The maximum Gasteiger partial charge on any atom is 0.312 e. The zero-order valence-electron chi connectivity index (χ0n) is 10.4. The Balaban J connectivity index is 2.42. The maximum absolute atomic E-state index is 11.4. The van der Waals surface area contributed by atoms with Gasteiger partial charge in [-0.1, -0.05) is 23.7 Å². The highest BCUT2D eigenvalue weighted by Gasteiger charge is 2.27. The van der Waals surface area contributed by atoms with E-state index in [-0.39, 0.29) is 5.97 Å². The van der Waals surface area contributed by atoms with Gasteiger partial charge in [0.2, 0.25) is 0 Å². The van der Waals surface area contributed by atoms with Gasteiger partial charge in [-0.05, 0) is 31.5 Å². The summed E-state index contributed by atoms with van der Waals surface area (Å²) < 4.78 is 4.74. The van der Waals surface area contributed by atoms with Crippen LogP contribution in [0.3, 0.4) is 0 Å². The average molecular weight is 256 g/mol. The smallest absolute Gasteiger partial charge is 0.312 e. The summed E-state index contributed by atoms with van der Waals surface area (Å²) >= 11 is 5.80. The van der Waals surface area contributed by atoms with E-state index < -0.39 is 5.41 Å². The number of esters is 1. The molecule has 0 amide bonds. The first-order chi connectivity index (χ1) is 7.95. The number of methoxy groups -OCH3 is 1. The normalized spacial score (nSPS) is 11.3. The third-order valence-electron chi connectivity index (χ3n) is 2.55. The molecule has 0 saturated carbocycles. The van der Waals surface area contributed by atoms with Gasteiger partial charge in [0.05, 0.1) is 12.5 Å². The number of hydrogen-bond acceptors (Lipinski definition) is 3. The van der Waals surface area contributed by atoms with Crippen LogP contribution in [0, 0.1) is 5.41 Å². The van der Waals surface area contributed by atoms with Gasteiger partial charge in [-0.3, -0.25) is 4.79 Å². The van der Waals surface area contributed by atoms with Crippen LogP contribution in [-0.2, 0) is 16.1 Å². The fourth-order valence-electron chi connectivity index (χ4n) is 1.47. The molecule has 1 rings (SSSR count). The first-order valence-corrected chi connectivity index (χ1v) is 5.87. The molecule has 1 aromatic carbocycles. The largest absolute Gasteiger partial charge is 0.469 e. The number of benzene rings is 1. The second-order valence-corrected chi connectivity index (χ2v) is 5.04. The van der Waals surface area contributed by atoms with Crippen molar-refractivity contribution >= 4 is 17.6 Å². The Labute approximate surface area is 107 Å². The van der Waals surface area contributed by atoms with Gasteiger partial charge in [0.15, 0.2) is 0 Å². The van der Waals surface area contributed by atoms with Crippen molar-refractivity contribution in [3.05, 3.63) is 34.9 Å². The molecule has 17 heavy (non-hydrogen) atoms. The number of rotatable bonds is 5. The number of carbonyl (C=O) groups excluding carboxylic acids is 1. The van der Waals surface area contributed by atoms with Gasteiger partial charge in [0.25, 0.3) is 0 Å². The Hall–Kier alpha value is -1.06. The van der Waals surface area contributed by atoms with Gasteiger partial charge in [0.1, 0.15) is 0 Å². The van der Waals surface area contributed by atoms with Gasteiger partial charge in [0, 0.05) is 18.1 Å². The summed E-state index contributed by atoms with van der Waals surface area (Å²) in [4.78, 5) is 11.4. The Morgan fingerprint density at radius 2 is 1.94 bits per heavy atom. The van der Waals surface area contributed by atoms with E-state index in [4.69, 9.17) is 16.3 Å². The molecule has 0 unspecified atom stereocenters. The van der Waals surface area contributed by atoms with Crippen molar-refractivity contribution in [3.63, 3.8) is 0 Å². The number of hydrogen-bond donors (Lipinski definition) is 1. The third-order valence-corrected chi connectivity index (χ3v) is 2.80. The zero-order valence-corrected chi connectivity index (χ0v) is 11.2. The zero-order chi connectivity index (χ0) is 12.9. The minimum atomic E-state index is -0.513. The molecule has 0 fully saturated rings. The summed E-state index contributed by atoms with van der Waals surface area (Å²) in [5.74, 6) is -0.207. The monoisotopic (exact) mass is 255 g/mol. The molecule has 0 saturated heterocycles. The molecular weight excluding hydrogens is 238 g/mol. The Morgan fingerprint density at radius 3 is 2.47 bits per heavy atom. The minimum Gasteiger partial charge on any atom is -0.469 e. The molecule has 1 aromatic rings. The fraction of sp³-hybridized carbons (Fsp3) is 0.462. The summed E-state index contributed by atoms with van der Waals surface area (Å²) in [6, 6.07) is 7.62. The number of nitrogens with one attached hydrogen (secondary N) is 1. The molecular formula is C13H18ClNO2. The van der Waals surface area contributed by atoms with Crippen LogP contribution in [0.5, 0.6) is 0 Å². The second kappa shape index (κ2) is 6.03. The summed E-state index contributed by atoms with van der Waals surface area (Å²) in [5, 5.41) is 3.96. The predicted molar refractivity (Wildman–Crippen MR) is 69.0 cm³/mol. The van der Waals surface area contributed by atoms with E-state index in [1.165, 1.54) is 7.11 Å². The Morgan fingerprint density at radius 1 is 1.35 bits per heavy atom. The van der Waals surface area contributed by atoms with E-state index in [0.29, 0.717) is 13.1 Å². The summed E-state index contributed by atoms with van der Waals surface area (Å²) in [5.41, 5.74) is 0.622. The highest BCUT2D eigenvalue weighted by Crippen LogP contribution is 2.16.